The number of benzene rings is 1. The zero-order valence-corrected chi connectivity index (χ0v) is 11.6. The molecule has 90 valence electrons. The van der Waals surface area contributed by atoms with E-state index in [1.54, 1.807) is 29.5 Å². The van der Waals surface area contributed by atoms with Gasteiger partial charge in [0.25, 0.3) is 0 Å². The molecule has 0 radical (unpaired) electrons. The maximum Gasteiger partial charge on any atom is 0.0839 e. The summed E-state index contributed by atoms with van der Waals surface area (Å²) in [6, 6.07) is 7.36. The molecule has 1 aromatic heterocycles. The Balaban J connectivity index is 2.21. The Morgan fingerprint density at radius 3 is 2.47 bits per heavy atom. The molecule has 1 aromatic carbocycles. The van der Waals surface area contributed by atoms with Gasteiger partial charge in [0.05, 0.1) is 6.10 Å². The Morgan fingerprint density at radius 1 is 1.29 bits per heavy atom. The predicted octanol–water partition coefficient (Wildman–Crippen LogP) is 4.64. The molecule has 0 aliphatic rings. The summed E-state index contributed by atoms with van der Waals surface area (Å²) in [5, 5.41) is 13.3. The highest BCUT2D eigenvalue weighted by atomic mass is 35.5. The molecule has 4 heteroatoms. The van der Waals surface area contributed by atoms with Crippen LogP contribution in [0.3, 0.4) is 0 Å². The summed E-state index contributed by atoms with van der Waals surface area (Å²) in [6.07, 6.45) is -0.119. The molecule has 1 atom stereocenters. The first-order chi connectivity index (χ1) is 8.08. The van der Waals surface area contributed by atoms with Crippen LogP contribution >= 0.6 is 34.5 Å². The van der Waals surface area contributed by atoms with Crippen molar-refractivity contribution in [3.05, 3.63) is 55.7 Å². The van der Waals surface area contributed by atoms with Crippen LogP contribution < -0.4 is 0 Å². The first kappa shape index (κ1) is 12.9. The second-order valence-electron chi connectivity index (χ2n) is 3.91. The van der Waals surface area contributed by atoms with E-state index in [1.807, 2.05) is 18.4 Å². The van der Waals surface area contributed by atoms with Gasteiger partial charge in [-0.1, -0.05) is 29.3 Å². The number of aliphatic hydroxyl groups excluding tert-OH is 1. The van der Waals surface area contributed by atoms with Crippen molar-refractivity contribution in [3.63, 3.8) is 0 Å². The number of aryl methyl sites for hydroxylation is 1. The molecule has 1 heterocycles. The van der Waals surface area contributed by atoms with Gasteiger partial charge in [-0.25, -0.2) is 0 Å². The van der Waals surface area contributed by atoms with E-state index in [-0.39, 0.29) is 0 Å². The lowest BCUT2D eigenvalue weighted by molar-refractivity contribution is 0.179. The van der Waals surface area contributed by atoms with Crippen molar-refractivity contribution >= 4 is 34.5 Å². The molecule has 2 aromatic rings. The summed E-state index contributed by atoms with van der Waals surface area (Å²) in [5.74, 6) is 0. The maximum absolute atomic E-state index is 10.1. The van der Waals surface area contributed by atoms with E-state index in [4.69, 9.17) is 23.2 Å². The zero-order chi connectivity index (χ0) is 12.4. The second-order valence-corrected chi connectivity index (χ2v) is 5.84. The van der Waals surface area contributed by atoms with Crippen molar-refractivity contribution < 1.29 is 5.11 Å². The Morgan fingerprint density at radius 2 is 1.94 bits per heavy atom. The summed E-state index contributed by atoms with van der Waals surface area (Å²) < 4.78 is 0. The van der Waals surface area contributed by atoms with Gasteiger partial charge in [0.1, 0.15) is 0 Å². The van der Waals surface area contributed by atoms with Crippen LogP contribution in [0.2, 0.25) is 10.0 Å². The van der Waals surface area contributed by atoms with E-state index in [0.29, 0.717) is 16.5 Å². The molecule has 0 saturated carbocycles. The fourth-order valence-electron chi connectivity index (χ4n) is 1.68. The fraction of sp³-hybridized carbons (Fsp3) is 0.231. The quantitative estimate of drug-likeness (QED) is 0.872. The van der Waals surface area contributed by atoms with Crippen LogP contribution in [0.15, 0.2) is 29.6 Å². The van der Waals surface area contributed by atoms with Gasteiger partial charge in [-0.2, -0.15) is 0 Å². The van der Waals surface area contributed by atoms with Crippen molar-refractivity contribution in [1.29, 1.82) is 0 Å². The van der Waals surface area contributed by atoms with Crippen LogP contribution in [0, 0.1) is 6.92 Å². The van der Waals surface area contributed by atoms with Gasteiger partial charge < -0.3 is 5.11 Å². The summed E-state index contributed by atoms with van der Waals surface area (Å²) in [5.41, 5.74) is 1.72. The van der Waals surface area contributed by atoms with Gasteiger partial charge >= 0.3 is 0 Å². The van der Waals surface area contributed by atoms with Gasteiger partial charge in [0.15, 0.2) is 0 Å². The topological polar surface area (TPSA) is 20.2 Å². The molecule has 0 aliphatic carbocycles. The minimum absolute atomic E-state index is 0.439. The van der Waals surface area contributed by atoms with Crippen LogP contribution in [0.4, 0.5) is 0 Å². The SMILES string of the molecule is Cc1cc(C(O)Cc2c(Cl)cccc2Cl)cs1. The highest BCUT2D eigenvalue weighted by molar-refractivity contribution is 7.10. The first-order valence-corrected chi connectivity index (χ1v) is 6.87. The number of hydrogen-bond donors (Lipinski definition) is 1. The molecule has 17 heavy (non-hydrogen) atoms. The molecule has 1 unspecified atom stereocenters. The smallest absolute Gasteiger partial charge is 0.0839 e. The minimum Gasteiger partial charge on any atom is -0.388 e. The van der Waals surface area contributed by atoms with Crippen molar-refractivity contribution in [3.8, 4) is 0 Å². The second kappa shape index (κ2) is 5.40. The maximum atomic E-state index is 10.1. The molecule has 1 nitrogen and oxygen atoms in total. The summed E-state index contributed by atoms with van der Waals surface area (Å²) >= 11 is 13.8. The van der Waals surface area contributed by atoms with E-state index < -0.39 is 6.10 Å². The average Bonchev–Trinajstić information content (AvgIpc) is 2.70. The lowest BCUT2D eigenvalue weighted by Crippen LogP contribution is -2.01. The third-order valence-electron chi connectivity index (χ3n) is 2.59. The zero-order valence-electron chi connectivity index (χ0n) is 9.28. The number of halogens is 2. The molecular formula is C13H12Cl2OS. The number of thiophene rings is 1. The van der Waals surface area contributed by atoms with Crippen LogP contribution in [-0.4, -0.2) is 5.11 Å². The molecule has 0 aliphatic heterocycles. The standard InChI is InChI=1S/C13H12Cl2OS/c1-8-5-9(7-17-8)13(16)6-10-11(14)3-2-4-12(10)15/h2-5,7,13,16H,6H2,1H3. The van der Waals surface area contributed by atoms with Gasteiger partial charge in [-0.05, 0) is 41.6 Å². The van der Waals surface area contributed by atoms with E-state index >= 15 is 0 Å². The number of aliphatic hydroxyl groups is 1. The Kier molecular flexibility index (Phi) is 4.10. The average molecular weight is 287 g/mol. The van der Waals surface area contributed by atoms with Crippen LogP contribution in [0.5, 0.6) is 0 Å². The number of hydrogen-bond acceptors (Lipinski definition) is 2. The summed E-state index contributed by atoms with van der Waals surface area (Å²) in [7, 11) is 0. The highest BCUT2D eigenvalue weighted by Gasteiger charge is 2.14. The molecule has 0 amide bonds. The summed E-state index contributed by atoms with van der Waals surface area (Å²) in [4.78, 5) is 1.18. The van der Waals surface area contributed by atoms with Gasteiger partial charge in [-0.3, -0.25) is 0 Å². The molecule has 0 spiro atoms. The van der Waals surface area contributed by atoms with Crippen molar-refractivity contribution in [2.45, 2.75) is 19.4 Å². The van der Waals surface area contributed by atoms with Crippen LogP contribution in [-0.2, 0) is 6.42 Å². The molecule has 0 fully saturated rings. The third kappa shape index (κ3) is 3.02. The third-order valence-corrected chi connectivity index (χ3v) is 4.18. The summed E-state index contributed by atoms with van der Waals surface area (Å²) in [6.45, 7) is 2.02. The van der Waals surface area contributed by atoms with Crippen molar-refractivity contribution in [2.24, 2.45) is 0 Å². The molecule has 0 bridgehead atoms. The van der Waals surface area contributed by atoms with Gasteiger partial charge in [0, 0.05) is 21.3 Å². The van der Waals surface area contributed by atoms with Crippen molar-refractivity contribution in [1.82, 2.24) is 0 Å². The first-order valence-electron chi connectivity index (χ1n) is 5.24. The van der Waals surface area contributed by atoms with E-state index in [9.17, 15) is 5.11 Å². The van der Waals surface area contributed by atoms with Gasteiger partial charge in [-0.15, -0.1) is 11.3 Å². The van der Waals surface area contributed by atoms with E-state index in [1.165, 1.54) is 4.88 Å². The Hall–Kier alpha value is -0.540. The normalized spacial score (nSPS) is 12.7. The highest BCUT2D eigenvalue weighted by Crippen LogP contribution is 2.30. The lowest BCUT2D eigenvalue weighted by Gasteiger charge is -2.11. The largest absolute Gasteiger partial charge is 0.388 e. The van der Waals surface area contributed by atoms with E-state index in [2.05, 4.69) is 0 Å². The lowest BCUT2D eigenvalue weighted by atomic mass is 10.0. The fourth-order valence-corrected chi connectivity index (χ4v) is 2.98. The molecule has 0 saturated heterocycles. The Bertz CT molecular complexity index is 502. The predicted molar refractivity (Wildman–Crippen MR) is 74.2 cm³/mol. The van der Waals surface area contributed by atoms with Gasteiger partial charge in [0.2, 0.25) is 0 Å². The number of rotatable bonds is 3. The molecular weight excluding hydrogens is 275 g/mol. The van der Waals surface area contributed by atoms with Crippen LogP contribution in [0.25, 0.3) is 0 Å². The Labute approximate surface area is 115 Å². The molecule has 1 N–H and O–H groups in total. The monoisotopic (exact) mass is 286 g/mol. The van der Waals surface area contributed by atoms with Crippen molar-refractivity contribution in [2.75, 3.05) is 0 Å². The van der Waals surface area contributed by atoms with Crippen LogP contribution in [0.1, 0.15) is 22.1 Å². The van der Waals surface area contributed by atoms with E-state index in [0.717, 1.165) is 11.1 Å². The molecule has 2 rings (SSSR count). The minimum atomic E-state index is -0.558.